The van der Waals surface area contributed by atoms with E-state index in [1.54, 1.807) is 12.1 Å². The van der Waals surface area contributed by atoms with Crippen molar-refractivity contribution in [1.82, 2.24) is 0 Å². The van der Waals surface area contributed by atoms with Crippen molar-refractivity contribution in [2.45, 2.75) is 18.9 Å². The standard InChI is InChI=1S/C16H18BNO4/c19-14-11-18-10-4-7-13(18)15(14)16(20)22-17(18,21)9-8-12-5-2-1-3-6-12/h1-3,5-6,8-9,13,15,21H,4,7,10-11H2/b9-8+/t13-,15-,17?,18?/m0/s1. The molecule has 1 N–H and O–H groups in total. The summed E-state index contributed by atoms with van der Waals surface area (Å²) < 4.78 is 5.62. The van der Waals surface area contributed by atoms with Crippen molar-refractivity contribution in [3.05, 3.63) is 41.9 Å². The first-order valence-corrected chi connectivity index (χ1v) is 7.79. The van der Waals surface area contributed by atoms with E-state index in [1.807, 2.05) is 30.3 Å². The van der Waals surface area contributed by atoms with Crippen LogP contribution in [0.5, 0.6) is 0 Å². The summed E-state index contributed by atoms with van der Waals surface area (Å²) in [5.74, 6) is 0.291. The van der Waals surface area contributed by atoms with Crippen LogP contribution < -0.4 is 0 Å². The highest BCUT2D eigenvalue weighted by molar-refractivity contribution is 6.67. The predicted octanol–water partition coefficient (Wildman–Crippen LogP) is 0.905. The van der Waals surface area contributed by atoms with Crippen molar-refractivity contribution in [1.29, 1.82) is 0 Å². The summed E-state index contributed by atoms with van der Waals surface area (Å²) in [6.45, 7) is -1.63. The average molecular weight is 299 g/mol. The minimum Gasteiger partial charge on any atom is -0.611 e. The summed E-state index contributed by atoms with van der Waals surface area (Å²) in [6, 6.07) is 9.45. The van der Waals surface area contributed by atoms with Crippen LogP contribution in [0.3, 0.4) is 0 Å². The molecule has 3 fully saturated rings. The van der Waals surface area contributed by atoms with E-state index >= 15 is 0 Å². The quantitative estimate of drug-likeness (QED) is 0.651. The molecular weight excluding hydrogens is 281 g/mol. The van der Waals surface area contributed by atoms with Gasteiger partial charge in [-0.3, -0.25) is 9.59 Å². The lowest BCUT2D eigenvalue weighted by Crippen LogP contribution is -2.73. The van der Waals surface area contributed by atoms with Crippen LogP contribution in [-0.2, 0) is 14.2 Å². The highest BCUT2D eigenvalue weighted by Gasteiger charge is 2.69. The van der Waals surface area contributed by atoms with E-state index in [4.69, 9.17) is 4.65 Å². The van der Waals surface area contributed by atoms with Crippen LogP contribution in [0.2, 0.25) is 0 Å². The first kappa shape index (κ1) is 13.7. The Morgan fingerprint density at radius 3 is 2.82 bits per heavy atom. The maximum absolute atomic E-state index is 12.2. The molecule has 3 heterocycles. The Balaban J connectivity index is 1.75. The monoisotopic (exact) mass is 299 g/mol. The maximum atomic E-state index is 12.2. The molecule has 1 aromatic carbocycles. The van der Waals surface area contributed by atoms with Gasteiger partial charge >= 0.3 is 6.69 Å². The van der Waals surface area contributed by atoms with Gasteiger partial charge < -0.3 is 14.1 Å². The number of carbonyl (C=O) groups is 2. The Labute approximate surface area is 128 Å². The van der Waals surface area contributed by atoms with Gasteiger partial charge in [0.1, 0.15) is 6.54 Å². The highest BCUT2D eigenvalue weighted by atomic mass is 16.6. The molecule has 0 amide bonds. The molecule has 3 saturated heterocycles. The largest absolute Gasteiger partial charge is 0.611 e. The first-order valence-electron chi connectivity index (χ1n) is 7.79. The van der Waals surface area contributed by atoms with Crippen molar-refractivity contribution in [2.75, 3.05) is 13.1 Å². The van der Waals surface area contributed by atoms with Gasteiger partial charge in [-0.25, -0.2) is 0 Å². The van der Waals surface area contributed by atoms with Gasteiger partial charge in [0.15, 0.2) is 5.92 Å². The maximum Gasteiger partial charge on any atom is 0.549 e. The first-order chi connectivity index (χ1) is 10.6. The van der Waals surface area contributed by atoms with Crippen molar-refractivity contribution in [3.63, 3.8) is 0 Å². The van der Waals surface area contributed by atoms with Crippen LogP contribution in [0.15, 0.2) is 36.3 Å². The number of Topliss-reactive ketones (excluding diaryl/α,β-unsaturated/α-hetero) is 1. The van der Waals surface area contributed by atoms with E-state index in [-0.39, 0.29) is 22.8 Å². The molecule has 22 heavy (non-hydrogen) atoms. The summed E-state index contributed by atoms with van der Waals surface area (Å²) in [4.78, 5) is 24.4. The zero-order chi connectivity index (χ0) is 15.4. The molecule has 2 unspecified atom stereocenters. The van der Waals surface area contributed by atoms with Crippen molar-refractivity contribution in [3.8, 4) is 0 Å². The Morgan fingerprint density at radius 1 is 1.27 bits per heavy atom. The number of ketones is 1. The molecule has 4 atom stereocenters. The molecule has 0 radical (unpaired) electrons. The molecule has 2 bridgehead atoms. The second-order valence-corrected chi connectivity index (χ2v) is 6.61. The fraction of sp³-hybridized carbons (Fsp3) is 0.375. The number of quaternary nitrogens is 1. The lowest BCUT2D eigenvalue weighted by atomic mass is 9.63. The average Bonchev–Trinajstić information content (AvgIpc) is 3.00. The normalized spacial score (nSPS) is 40.0. The smallest absolute Gasteiger partial charge is 0.549 e. The third-order valence-electron chi connectivity index (χ3n) is 5.54. The van der Waals surface area contributed by atoms with Gasteiger partial charge in [-0.15, -0.1) is 5.98 Å². The minimum atomic E-state index is -2.52. The molecule has 3 aliphatic rings. The molecular formula is C16H18BNO4. The van der Waals surface area contributed by atoms with E-state index in [0.29, 0.717) is 6.54 Å². The Morgan fingerprint density at radius 2 is 2.05 bits per heavy atom. The lowest BCUT2D eigenvalue weighted by Gasteiger charge is -2.54. The Kier molecular flexibility index (Phi) is 2.83. The molecule has 114 valence electrons. The SMILES string of the molecule is O=C1C[N+]23CCC[C@H]2[C@@H]1C(=O)O[B-]3(O)/C=C/c1ccccc1. The molecule has 3 aliphatic heterocycles. The van der Waals surface area contributed by atoms with Crippen LogP contribution in [0.4, 0.5) is 0 Å². The summed E-state index contributed by atoms with van der Waals surface area (Å²) >= 11 is 0. The fourth-order valence-electron chi connectivity index (χ4n) is 4.52. The lowest BCUT2D eigenvalue weighted by molar-refractivity contribution is -0.847. The third-order valence-corrected chi connectivity index (χ3v) is 5.54. The Bertz CT molecular complexity index is 676. The topological polar surface area (TPSA) is 63.6 Å². The molecule has 0 aromatic heterocycles. The number of hydrogen-bond acceptors (Lipinski definition) is 4. The number of hydrogen-bond donors (Lipinski definition) is 1. The van der Waals surface area contributed by atoms with Crippen LogP contribution in [-0.4, -0.2) is 47.0 Å². The van der Waals surface area contributed by atoms with Crippen molar-refractivity contribution in [2.24, 2.45) is 5.92 Å². The van der Waals surface area contributed by atoms with Crippen LogP contribution >= 0.6 is 0 Å². The zero-order valence-corrected chi connectivity index (χ0v) is 12.2. The summed E-state index contributed by atoms with van der Waals surface area (Å²) in [6.07, 6.45) is 3.49. The van der Waals surface area contributed by atoms with Crippen LogP contribution in [0.25, 0.3) is 6.08 Å². The van der Waals surface area contributed by atoms with Gasteiger partial charge in [-0.2, -0.15) is 0 Å². The second-order valence-electron chi connectivity index (χ2n) is 6.61. The van der Waals surface area contributed by atoms with Gasteiger partial charge in [0.25, 0.3) is 5.97 Å². The molecule has 0 saturated carbocycles. The second kappa shape index (κ2) is 4.54. The Hall–Kier alpha value is -1.92. The van der Waals surface area contributed by atoms with Crippen LogP contribution in [0.1, 0.15) is 18.4 Å². The van der Waals surface area contributed by atoms with Crippen LogP contribution in [0, 0.1) is 5.92 Å². The number of benzene rings is 1. The summed E-state index contributed by atoms with van der Waals surface area (Å²) in [7, 11) is 0. The summed E-state index contributed by atoms with van der Waals surface area (Å²) in [5, 5.41) is 11.1. The van der Waals surface area contributed by atoms with Crippen molar-refractivity contribution >= 4 is 24.5 Å². The van der Waals surface area contributed by atoms with E-state index in [2.05, 4.69) is 0 Å². The van der Waals surface area contributed by atoms with Crippen molar-refractivity contribution < 1.29 is 23.7 Å². The highest BCUT2D eigenvalue weighted by Crippen LogP contribution is 2.47. The van der Waals surface area contributed by atoms with Gasteiger partial charge in [0.2, 0.25) is 5.78 Å². The number of nitrogens with zero attached hydrogens (tertiary/aromatic N) is 1. The van der Waals surface area contributed by atoms with Gasteiger partial charge in [-0.05, 0) is 12.0 Å². The van der Waals surface area contributed by atoms with E-state index < -0.39 is 18.6 Å². The number of rotatable bonds is 2. The minimum absolute atomic E-state index is 0.0828. The molecule has 0 aliphatic carbocycles. The van der Waals surface area contributed by atoms with E-state index in [9.17, 15) is 14.6 Å². The molecule has 5 nitrogen and oxygen atoms in total. The van der Waals surface area contributed by atoms with Gasteiger partial charge in [0.05, 0.1) is 6.04 Å². The number of carbonyl (C=O) groups excluding carboxylic acids is 2. The zero-order valence-electron chi connectivity index (χ0n) is 12.2. The molecule has 1 aromatic rings. The van der Waals surface area contributed by atoms with Gasteiger partial charge in [0, 0.05) is 13.0 Å². The third kappa shape index (κ3) is 1.68. The molecule has 4 rings (SSSR count). The fourth-order valence-corrected chi connectivity index (χ4v) is 4.52. The molecule has 0 spiro atoms. The predicted molar refractivity (Wildman–Crippen MR) is 81.1 cm³/mol. The van der Waals surface area contributed by atoms with Gasteiger partial charge in [-0.1, -0.05) is 36.4 Å². The summed E-state index contributed by atoms with van der Waals surface area (Å²) in [5.41, 5.74) is 0.926. The van der Waals surface area contributed by atoms with E-state index in [0.717, 1.165) is 18.4 Å². The molecule has 6 heteroatoms. The van der Waals surface area contributed by atoms with E-state index in [1.165, 1.54) is 0 Å².